The monoisotopic (exact) mass is 623 g/mol. The van der Waals surface area contributed by atoms with Gasteiger partial charge in [-0.2, -0.15) is 0 Å². The first-order valence-electron chi connectivity index (χ1n) is 20.1. The highest BCUT2D eigenvalue weighted by atomic mass is 16.8. The quantitative estimate of drug-likeness (QED) is 0.0670. The van der Waals surface area contributed by atoms with Gasteiger partial charge in [-0.1, -0.05) is 146 Å². The minimum Gasteiger partial charge on any atom is -0.344 e. The first kappa shape index (κ1) is 38.3. The summed E-state index contributed by atoms with van der Waals surface area (Å²) >= 11 is 0. The van der Waals surface area contributed by atoms with Crippen LogP contribution in [0.4, 0.5) is 0 Å². The molecule has 2 nitrogen and oxygen atoms in total. The van der Waals surface area contributed by atoms with Crippen molar-refractivity contribution >= 4 is 0 Å². The molecule has 1 aliphatic heterocycles. The first-order chi connectivity index (χ1) is 22.1. The van der Waals surface area contributed by atoms with E-state index in [0.29, 0.717) is 17.6 Å². The van der Waals surface area contributed by atoms with Crippen molar-refractivity contribution in [3.05, 3.63) is 48.6 Å². The molecule has 0 bridgehead atoms. The van der Waals surface area contributed by atoms with Crippen molar-refractivity contribution in [2.45, 2.75) is 212 Å². The van der Waals surface area contributed by atoms with Gasteiger partial charge in [0.1, 0.15) is 0 Å². The zero-order valence-electron chi connectivity index (χ0n) is 30.3. The maximum absolute atomic E-state index is 6.65. The topological polar surface area (TPSA) is 18.5 Å². The van der Waals surface area contributed by atoms with Crippen LogP contribution in [-0.2, 0) is 9.47 Å². The standard InChI is InChI=1S/C43H74O2/c1-4-6-8-10-12-14-16-18-19-20-22-24-26-28-30-32-34-42(37-43(38-42)44-40-35-39(3)36-41(40)45-43)33-31-29-27-25-23-21-17-15-13-11-9-7-5-2/h7,9,12-15,18-19,39-41H,4-6,8,10-11,16-17,20-38H2,1-3H3/b9-7-,14-12-,15-13-,19-18-. The third-order valence-corrected chi connectivity index (χ3v) is 10.8. The molecule has 2 unspecified atom stereocenters. The van der Waals surface area contributed by atoms with Crippen LogP contribution in [0.5, 0.6) is 0 Å². The second kappa shape index (κ2) is 23.2. The summed E-state index contributed by atoms with van der Waals surface area (Å²) in [5.41, 5.74) is 0.483. The molecular weight excluding hydrogens is 548 g/mol. The van der Waals surface area contributed by atoms with Gasteiger partial charge >= 0.3 is 0 Å². The largest absolute Gasteiger partial charge is 0.344 e. The summed E-state index contributed by atoms with van der Waals surface area (Å²) < 4.78 is 13.3. The Morgan fingerprint density at radius 3 is 1.40 bits per heavy atom. The summed E-state index contributed by atoms with van der Waals surface area (Å²) in [5, 5.41) is 0. The maximum atomic E-state index is 6.65. The van der Waals surface area contributed by atoms with Crippen molar-refractivity contribution in [3.63, 3.8) is 0 Å². The highest BCUT2D eigenvalue weighted by molar-refractivity contribution is 5.05. The van der Waals surface area contributed by atoms with Gasteiger partial charge in [0.2, 0.25) is 0 Å². The van der Waals surface area contributed by atoms with E-state index in [1.165, 1.54) is 154 Å². The van der Waals surface area contributed by atoms with Crippen LogP contribution < -0.4 is 0 Å². The third-order valence-electron chi connectivity index (χ3n) is 10.8. The summed E-state index contributed by atoms with van der Waals surface area (Å²) in [6.07, 6.45) is 54.8. The van der Waals surface area contributed by atoms with E-state index in [4.69, 9.17) is 9.47 Å². The Kier molecular flexibility index (Phi) is 19.8. The van der Waals surface area contributed by atoms with Crippen LogP contribution in [0.3, 0.4) is 0 Å². The van der Waals surface area contributed by atoms with Crippen LogP contribution in [0.25, 0.3) is 0 Å². The molecule has 2 aliphatic carbocycles. The molecule has 0 radical (unpaired) electrons. The van der Waals surface area contributed by atoms with Crippen LogP contribution in [0.15, 0.2) is 48.6 Å². The number of rotatable bonds is 27. The summed E-state index contributed by atoms with van der Waals surface area (Å²) in [6.45, 7) is 6.83. The van der Waals surface area contributed by atoms with E-state index in [1.807, 2.05) is 0 Å². The second-order valence-electron chi connectivity index (χ2n) is 15.2. The maximum Gasteiger partial charge on any atom is 0.170 e. The molecule has 258 valence electrons. The van der Waals surface area contributed by atoms with E-state index in [0.717, 1.165) is 25.2 Å². The average molecular weight is 623 g/mol. The number of hydrogen-bond donors (Lipinski definition) is 0. The molecular formula is C43H74O2. The predicted octanol–water partition coefficient (Wildman–Crippen LogP) is 13.9. The van der Waals surface area contributed by atoms with Crippen LogP contribution in [-0.4, -0.2) is 18.0 Å². The van der Waals surface area contributed by atoms with E-state index >= 15 is 0 Å². The molecule has 0 aromatic heterocycles. The number of fused-ring (bicyclic) bond motifs is 1. The van der Waals surface area contributed by atoms with Crippen LogP contribution in [0.2, 0.25) is 0 Å². The fourth-order valence-electron chi connectivity index (χ4n) is 8.27. The summed E-state index contributed by atoms with van der Waals surface area (Å²) in [7, 11) is 0. The Hall–Kier alpha value is -1.12. The molecule has 0 N–H and O–H groups in total. The normalized spacial score (nSPS) is 28.1. The Balaban J connectivity index is 1.24. The molecule has 3 rings (SSSR count). The van der Waals surface area contributed by atoms with E-state index < -0.39 is 0 Å². The third kappa shape index (κ3) is 15.6. The van der Waals surface area contributed by atoms with Gasteiger partial charge in [0, 0.05) is 12.8 Å². The minimum atomic E-state index is -0.215. The van der Waals surface area contributed by atoms with Gasteiger partial charge in [-0.3, -0.25) is 0 Å². The molecule has 0 aromatic rings. The van der Waals surface area contributed by atoms with Gasteiger partial charge in [0.05, 0.1) is 12.2 Å². The van der Waals surface area contributed by atoms with E-state index in [1.54, 1.807) is 0 Å². The van der Waals surface area contributed by atoms with Gasteiger partial charge in [-0.25, -0.2) is 0 Å². The van der Waals surface area contributed by atoms with Crippen LogP contribution in [0, 0.1) is 11.3 Å². The molecule has 0 aromatic carbocycles. The average Bonchev–Trinajstić information content (AvgIpc) is 3.53. The minimum absolute atomic E-state index is 0.215. The molecule has 2 atom stereocenters. The van der Waals surface area contributed by atoms with Crippen molar-refractivity contribution in [2.24, 2.45) is 11.3 Å². The van der Waals surface area contributed by atoms with Crippen LogP contribution in [0.1, 0.15) is 194 Å². The lowest BCUT2D eigenvalue weighted by Gasteiger charge is -2.54. The van der Waals surface area contributed by atoms with Crippen LogP contribution >= 0.6 is 0 Å². The fraction of sp³-hybridized carbons (Fsp3) is 0.814. The lowest BCUT2D eigenvalue weighted by Crippen LogP contribution is -2.53. The highest BCUT2D eigenvalue weighted by Gasteiger charge is 2.62. The molecule has 3 fully saturated rings. The van der Waals surface area contributed by atoms with Crippen molar-refractivity contribution in [1.82, 2.24) is 0 Å². The molecule has 2 saturated carbocycles. The zero-order valence-corrected chi connectivity index (χ0v) is 30.3. The molecule has 3 aliphatic rings. The Labute approximate surface area is 281 Å². The van der Waals surface area contributed by atoms with Crippen molar-refractivity contribution < 1.29 is 9.47 Å². The lowest BCUT2D eigenvalue weighted by molar-refractivity contribution is -0.281. The van der Waals surface area contributed by atoms with Gasteiger partial charge in [-0.05, 0) is 94.8 Å². The fourth-order valence-corrected chi connectivity index (χ4v) is 8.27. The Bertz CT molecular complexity index is 828. The Morgan fingerprint density at radius 1 is 0.511 bits per heavy atom. The number of hydrogen-bond acceptors (Lipinski definition) is 2. The number of allylic oxidation sites excluding steroid dienone is 8. The molecule has 45 heavy (non-hydrogen) atoms. The number of ether oxygens (including phenoxy) is 2. The predicted molar refractivity (Wildman–Crippen MR) is 197 cm³/mol. The van der Waals surface area contributed by atoms with E-state index in [9.17, 15) is 0 Å². The molecule has 1 saturated heterocycles. The number of unbranched alkanes of at least 4 members (excludes halogenated alkanes) is 15. The van der Waals surface area contributed by atoms with E-state index in [2.05, 4.69) is 69.4 Å². The summed E-state index contributed by atoms with van der Waals surface area (Å²) in [5.74, 6) is 0.549. The van der Waals surface area contributed by atoms with E-state index in [-0.39, 0.29) is 5.79 Å². The molecule has 1 spiro atoms. The molecule has 1 heterocycles. The Morgan fingerprint density at radius 2 is 0.933 bits per heavy atom. The zero-order chi connectivity index (χ0) is 31.9. The summed E-state index contributed by atoms with van der Waals surface area (Å²) in [4.78, 5) is 0. The van der Waals surface area contributed by atoms with Gasteiger partial charge < -0.3 is 9.47 Å². The van der Waals surface area contributed by atoms with Crippen molar-refractivity contribution in [3.8, 4) is 0 Å². The van der Waals surface area contributed by atoms with Gasteiger partial charge in [0.15, 0.2) is 5.79 Å². The first-order valence-corrected chi connectivity index (χ1v) is 20.1. The van der Waals surface area contributed by atoms with Crippen molar-refractivity contribution in [2.75, 3.05) is 0 Å². The smallest absolute Gasteiger partial charge is 0.170 e. The highest BCUT2D eigenvalue weighted by Crippen LogP contribution is 2.61. The SMILES string of the molecule is CC/C=C\C/C=C\CCCCCCCCC1(CCCCCCCC/C=C\C/C=C\CCCCC)CC2(C1)OC1CC(C)CC1O2. The van der Waals surface area contributed by atoms with Gasteiger partial charge in [-0.15, -0.1) is 0 Å². The van der Waals surface area contributed by atoms with Crippen molar-refractivity contribution in [1.29, 1.82) is 0 Å². The van der Waals surface area contributed by atoms with Gasteiger partial charge in [0.25, 0.3) is 0 Å². The molecule has 0 amide bonds. The second-order valence-corrected chi connectivity index (χ2v) is 15.2. The lowest BCUT2D eigenvalue weighted by atomic mass is 9.59. The molecule has 2 heteroatoms. The summed E-state index contributed by atoms with van der Waals surface area (Å²) in [6, 6.07) is 0.